The normalized spacial score (nSPS) is 33.2. The Morgan fingerprint density at radius 1 is 1.09 bits per heavy atom. The Hall–Kier alpha value is -2.28. The molecule has 1 aromatic carbocycles. The van der Waals surface area contributed by atoms with Crippen LogP contribution >= 0.6 is 0 Å². The van der Waals surface area contributed by atoms with E-state index in [1.165, 1.54) is 4.90 Å². The minimum Gasteiger partial charge on any atom is -0.494 e. The third-order valence-electron chi connectivity index (χ3n) is 8.74. The Kier molecular flexibility index (Phi) is 6.02. The van der Waals surface area contributed by atoms with Crippen molar-refractivity contribution in [3.05, 3.63) is 29.8 Å². The fourth-order valence-electron chi connectivity index (χ4n) is 7.38. The maximum atomic E-state index is 13.2. The standard InChI is InChI=1S/C26H36N2O5/c1-27(23-20-12-18-13-21(23)16-26(32,14-18)15-20)24(29)19-2-4-22(5-3-19)33-11-8-17-6-9-28(10-7-17)25(30)31/h2-5,17-18,20-21,23,32H,6-16H2,1H3,(H,30,31). The predicted molar refractivity (Wildman–Crippen MR) is 123 cm³/mol. The lowest BCUT2D eigenvalue weighted by Crippen LogP contribution is -2.61. The second-order valence-electron chi connectivity index (χ2n) is 11.0. The van der Waals surface area contributed by atoms with Gasteiger partial charge in [-0.25, -0.2) is 4.79 Å². The molecule has 5 fully saturated rings. The highest BCUT2D eigenvalue weighted by molar-refractivity contribution is 5.94. The second-order valence-corrected chi connectivity index (χ2v) is 11.0. The molecule has 2 amide bonds. The topological polar surface area (TPSA) is 90.3 Å². The maximum Gasteiger partial charge on any atom is 0.407 e. The minimum atomic E-state index is -0.828. The average molecular weight is 457 g/mol. The molecule has 0 aromatic heterocycles. The number of benzene rings is 1. The Balaban J connectivity index is 1.12. The van der Waals surface area contributed by atoms with Crippen LogP contribution in [0.4, 0.5) is 4.79 Å². The fourth-order valence-corrected chi connectivity index (χ4v) is 7.38. The number of amides is 2. The van der Waals surface area contributed by atoms with Gasteiger partial charge in [-0.2, -0.15) is 0 Å². The van der Waals surface area contributed by atoms with Crippen LogP contribution in [-0.4, -0.2) is 70.4 Å². The molecule has 1 saturated heterocycles. The summed E-state index contributed by atoms with van der Waals surface area (Å²) in [4.78, 5) is 27.7. The number of likely N-dealkylation sites (tertiary alicyclic amines) is 1. The zero-order valence-corrected chi connectivity index (χ0v) is 19.5. The molecule has 180 valence electrons. The Morgan fingerprint density at radius 2 is 1.73 bits per heavy atom. The Bertz CT molecular complexity index is 863. The molecule has 7 heteroatoms. The van der Waals surface area contributed by atoms with Gasteiger partial charge in [-0.3, -0.25) is 4.79 Å². The molecule has 5 aliphatic rings. The van der Waals surface area contributed by atoms with Crippen molar-refractivity contribution < 1.29 is 24.5 Å². The molecule has 6 rings (SSSR count). The van der Waals surface area contributed by atoms with E-state index >= 15 is 0 Å². The first-order chi connectivity index (χ1) is 15.8. The van der Waals surface area contributed by atoms with Crippen molar-refractivity contribution in [3.63, 3.8) is 0 Å². The number of hydrogen-bond donors (Lipinski definition) is 2. The Labute approximate surface area is 195 Å². The van der Waals surface area contributed by atoms with Crippen molar-refractivity contribution in [2.75, 3.05) is 26.7 Å². The number of carbonyl (C=O) groups is 2. The molecule has 4 bridgehead atoms. The van der Waals surface area contributed by atoms with E-state index in [4.69, 9.17) is 9.84 Å². The summed E-state index contributed by atoms with van der Waals surface area (Å²) in [7, 11) is 1.93. The van der Waals surface area contributed by atoms with Crippen LogP contribution in [0.2, 0.25) is 0 Å². The molecule has 2 N–H and O–H groups in total. The molecular formula is C26H36N2O5. The lowest BCUT2D eigenvalue weighted by atomic mass is 9.52. The summed E-state index contributed by atoms with van der Waals surface area (Å²) in [6.45, 7) is 1.81. The van der Waals surface area contributed by atoms with Crippen LogP contribution in [-0.2, 0) is 0 Å². The average Bonchev–Trinajstić information content (AvgIpc) is 2.78. The number of aliphatic hydroxyl groups is 1. The van der Waals surface area contributed by atoms with Crippen LogP contribution in [0.1, 0.15) is 61.7 Å². The third kappa shape index (κ3) is 4.57. The minimum absolute atomic E-state index is 0.0520. The van der Waals surface area contributed by atoms with Gasteiger partial charge in [-0.1, -0.05) is 0 Å². The molecule has 4 aliphatic carbocycles. The Morgan fingerprint density at radius 3 is 2.30 bits per heavy atom. The zero-order chi connectivity index (χ0) is 23.2. The van der Waals surface area contributed by atoms with Crippen LogP contribution in [0.5, 0.6) is 5.75 Å². The highest BCUT2D eigenvalue weighted by atomic mass is 16.5. The van der Waals surface area contributed by atoms with Gasteiger partial charge in [0.05, 0.1) is 12.2 Å². The molecule has 2 atom stereocenters. The van der Waals surface area contributed by atoms with E-state index in [2.05, 4.69) is 0 Å². The van der Waals surface area contributed by atoms with Crippen molar-refractivity contribution in [3.8, 4) is 5.75 Å². The largest absolute Gasteiger partial charge is 0.494 e. The van der Waals surface area contributed by atoms with Crippen LogP contribution in [0.15, 0.2) is 24.3 Å². The van der Waals surface area contributed by atoms with E-state index in [0.29, 0.717) is 48.9 Å². The number of carbonyl (C=O) groups excluding carboxylic acids is 1. The van der Waals surface area contributed by atoms with Crippen molar-refractivity contribution in [1.82, 2.24) is 9.80 Å². The number of rotatable bonds is 6. The second kappa shape index (κ2) is 8.82. The molecular weight excluding hydrogens is 420 g/mol. The molecule has 33 heavy (non-hydrogen) atoms. The first-order valence-electron chi connectivity index (χ1n) is 12.5. The monoisotopic (exact) mass is 456 g/mol. The SMILES string of the molecule is CN(C(=O)c1ccc(OCCC2CCN(C(=O)O)CC2)cc1)C1C2CC3CC1CC(O)(C3)C2. The van der Waals surface area contributed by atoms with Gasteiger partial charge in [0, 0.05) is 31.7 Å². The number of piperidine rings is 1. The van der Waals surface area contributed by atoms with Crippen LogP contribution in [0, 0.1) is 23.7 Å². The summed E-state index contributed by atoms with van der Waals surface area (Å²) in [5, 5.41) is 19.9. The van der Waals surface area contributed by atoms with Gasteiger partial charge in [0.25, 0.3) is 5.91 Å². The van der Waals surface area contributed by atoms with Gasteiger partial charge in [0.15, 0.2) is 0 Å². The lowest BCUT2D eigenvalue weighted by molar-refractivity contribution is -0.152. The van der Waals surface area contributed by atoms with Crippen LogP contribution < -0.4 is 4.74 Å². The fraction of sp³-hybridized carbons (Fsp3) is 0.692. The summed E-state index contributed by atoms with van der Waals surface area (Å²) < 4.78 is 5.90. The van der Waals surface area contributed by atoms with Gasteiger partial charge in [0.2, 0.25) is 0 Å². The third-order valence-corrected chi connectivity index (χ3v) is 8.74. The first-order valence-corrected chi connectivity index (χ1v) is 12.5. The first kappa shape index (κ1) is 22.5. The summed E-state index contributed by atoms with van der Waals surface area (Å²) in [5.74, 6) is 2.77. The molecule has 0 spiro atoms. The van der Waals surface area contributed by atoms with Gasteiger partial charge >= 0.3 is 6.09 Å². The molecule has 1 aliphatic heterocycles. The number of hydrogen-bond acceptors (Lipinski definition) is 4. The van der Waals surface area contributed by atoms with Crippen molar-refractivity contribution in [1.29, 1.82) is 0 Å². The van der Waals surface area contributed by atoms with Gasteiger partial charge in [-0.15, -0.1) is 0 Å². The lowest BCUT2D eigenvalue weighted by Gasteiger charge is -2.59. The summed E-state index contributed by atoms with van der Waals surface area (Å²) in [6.07, 6.45) is 6.77. The van der Waals surface area contributed by atoms with E-state index < -0.39 is 11.7 Å². The van der Waals surface area contributed by atoms with E-state index in [9.17, 15) is 14.7 Å². The van der Waals surface area contributed by atoms with Crippen LogP contribution in [0.25, 0.3) is 0 Å². The van der Waals surface area contributed by atoms with E-state index in [1.807, 2.05) is 36.2 Å². The van der Waals surface area contributed by atoms with E-state index in [1.54, 1.807) is 0 Å². The molecule has 4 saturated carbocycles. The van der Waals surface area contributed by atoms with Crippen LogP contribution in [0.3, 0.4) is 0 Å². The maximum absolute atomic E-state index is 13.2. The number of nitrogens with zero attached hydrogens (tertiary/aromatic N) is 2. The van der Waals surface area contributed by atoms with E-state index in [0.717, 1.165) is 57.1 Å². The van der Waals surface area contributed by atoms with Crippen molar-refractivity contribution in [2.24, 2.45) is 23.7 Å². The number of ether oxygens (including phenoxy) is 1. The van der Waals surface area contributed by atoms with Crippen molar-refractivity contribution >= 4 is 12.0 Å². The highest BCUT2D eigenvalue weighted by Crippen LogP contribution is 2.56. The molecule has 0 radical (unpaired) electrons. The van der Waals surface area contributed by atoms with Gasteiger partial charge < -0.3 is 24.7 Å². The summed E-state index contributed by atoms with van der Waals surface area (Å²) >= 11 is 0. The van der Waals surface area contributed by atoms with Gasteiger partial charge in [0.1, 0.15) is 5.75 Å². The molecule has 2 unspecified atom stereocenters. The molecule has 1 aromatic rings. The zero-order valence-electron chi connectivity index (χ0n) is 19.5. The smallest absolute Gasteiger partial charge is 0.407 e. The summed E-state index contributed by atoms with van der Waals surface area (Å²) in [5.41, 5.74) is 0.196. The van der Waals surface area contributed by atoms with Crippen molar-refractivity contribution in [2.45, 2.75) is 63.0 Å². The predicted octanol–water partition coefficient (Wildman–Crippen LogP) is 3.86. The number of carboxylic acid groups (broad SMARTS) is 1. The van der Waals surface area contributed by atoms with E-state index in [-0.39, 0.29) is 11.9 Å². The van der Waals surface area contributed by atoms with Gasteiger partial charge in [-0.05, 0) is 99.3 Å². The summed E-state index contributed by atoms with van der Waals surface area (Å²) in [6, 6.07) is 7.67. The molecule has 7 nitrogen and oxygen atoms in total. The highest BCUT2D eigenvalue weighted by Gasteiger charge is 2.56. The quantitative estimate of drug-likeness (QED) is 0.679. The molecule has 1 heterocycles.